The number of hydrogen-bond donors (Lipinski definition) is 1. The number of aromatic amines is 1. The highest BCUT2D eigenvalue weighted by atomic mass is 16.1. The van der Waals surface area contributed by atoms with Crippen LogP contribution in [0.15, 0.2) is 53.3 Å². The van der Waals surface area contributed by atoms with Crippen LogP contribution in [0, 0.1) is 13.8 Å². The average molecular weight is 485 g/mol. The summed E-state index contributed by atoms with van der Waals surface area (Å²) < 4.78 is 2.06. The van der Waals surface area contributed by atoms with E-state index in [0.717, 1.165) is 60.1 Å². The van der Waals surface area contributed by atoms with Gasteiger partial charge in [0.1, 0.15) is 0 Å². The lowest BCUT2D eigenvalue weighted by Crippen LogP contribution is -2.34. The van der Waals surface area contributed by atoms with E-state index < -0.39 is 0 Å². The minimum atomic E-state index is -0.0237. The maximum Gasteiger partial charge on any atom is 0.252 e. The smallest absolute Gasteiger partial charge is 0.252 e. The summed E-state index contributed by atoms with van der Waals surface area (Å²) in [5, 5.41) is 14.1. The van der Waals surface area contributed by atoms with Crippen molar-refractivity contribution in [3.8, 4) is 0 Å². The summed E-state index contributed by atoms with van der Waals surface area (Å²) in [7, 11) is 0. The standard InChI is InChI=1S/C29H36N6O/c1-4-26(28-31-32-33-35(28)25-12-8-9-13-25)34(15-14-22-10-6-5-7-11-22)19-24-18-23-17-20(2)16-21(3)27(23)30-29(24)36/h5-7,10-11,16-18,25-26H,4,8-9,12-15,19H2,1-3H3,(H,30,36)/t26-/m1/s1. The van der Waals surface area contributed by atoms with Gasteiger partial charge in [0, 0.05) is 18.7 Å². The molecule has 4 aromatic rings. The SMILES string of the molecule is CC[C@H](c1nnnn1C1CCCC1)N(CCc1ccccc1)Cc1cc2cc(C)cc(C)c2[nH]c1=O. The van der Waals surface area contributed by atoms with Gasteiger partial charge in [0.25, 0.3) is 5.56 Å². The van der Waals surface area contributed by atoms with Gasteiger partial charge in [-0.2, -0.15) is 0 Å². The fraction of sp³-hybridized carbons (Fsp3) is 0.448. The van der Waals surface area contributed by atoms with Gasteiger partial charge in [-0.05, 0) is 78.6 Å². The zero-order chi connectivity index (χ0) is 25.1. The van der Waals surface area contributed by atoms with Crippen LogP contribution in [0.25, 0.3) is 10.9 Å². The summed E-state index contributed by atoms with van der Waals surface area (Å²) >= 11 is 0. The quantitative estimate of drug-likeness (QED) is 0.342. The van der Waals surface area contributed by atoms with Gasteiger partial charge in [0.05, 0.1) is 17.6 Å². The lowest BCUT2D eigenvalue weighted by atomic mass is 10.0. The van der Waals surface area contributed by atoms with E-state index in [0.29, 0.717) is 12.6 Å². The van der Waals surface area contributed by atoms with E-state index in [4.69, 9.17) is 0 Å². The van der Waals surface area contributed by atoms with E-state index in [2.05, 4.69) is 86.4 Å². The normalized spacial score (nSPS) is 15.2. The molecule has 2 aromatic heterocycles. The molecule has 1 saturated carbocycles. The molecular weight excluding hydrogens is 448 g/mol. The Bertz CT molecular complexity index is 1370. The minimum Gasteiger partial charge on any atom is -0.321 e. The number of fused-ring (bicyclic) bond motifs is 1. The zero-order valence-corrected chi connectivity index (χ0v) is 21.6. The van der Waals surface area contributed by atoms with Crippen LogP contribution < -0.4 is 5.56 Å². The Morgan fingerprint density at radius 2 is 1.89 bits per heavy atom. The molecule has 0 radical (unpaired) electrons. The molecule has 1 atom stereocenters. The molecule has 0 spiro atoms. The Morgan fingerprint density at radius 1 is 1.11 bits per heavy atom. The highest BCUT2D eigenvalue weighted by Crippen LogP contribution is 2.33. The van der Waals surface area contributed by atoms with Crippen molar-refractivity contribution in [2.75, 3.05) is 6.54 Å². The van der Waals surface area contributed by atoms with E-state index in [1.165, 1.54) is 24.0 Å². The van der Waals surface area contributed by atoms with Crippen molar-refractivity contribution in [3.63, 3.8) is 0 Å². The molecule has 1 N–H and O–H groups in total. The lowest BCUT2D eigenvalue weighted by molar-refractivity contribution is 0.169. The van der Waals surface area contributed by atoms with Gasteiger partial charge >= 0.3 is 0 Å². The largest absolute Gasteiger partial charge is 0.321 e. The van der Waals surface area contributed by atoms with Crippen LogP contribution in [0.5, 0.6) is 0 Å². The molecule has 5 rings (SSSR count). The molecule has 1 aliphatic carbocycles. The summed E-state index contributed by atoms with van der Waals surface area (Å²) in [4.78, 5) is 18.8. The van der Waals surface area contributed by atoms with E-state index in [1.54, 1.807) is 0 Å². The molecular formula is C29H36N6O. The summed E-state index contributed by atoms with van der Waals surface area (Å²) in [6.07, 6.45) is 6.47. The zero-order valence-electron chi connectivity index (χ0n) is 21.6. The van der Waals surface area contributed by atoms with Gasteiger partial charge < -0.3 is 4.98 Å². The van der Waals surface area contributed by atoms with Crippen LogP contribution in [-0.4, -0.2) is 36.6 Å². The highest BCUT2D eigenvalue weighted by Gasteiger charge is 2.29. The first-order valence-electron chi connectivity index (χ1n) is 13.2. The van der Waals surface area contributed by atoms with Gasteiger partial charge in [-0.15, -0.1) is 5.10 Å². The average Bonchev–Trinajstić information content (AvgIpc) is 3.57. The minimum absolute atomic E-state index is 0.0237. The second-order valence-corrected chi connectivity index (χ2v) is 10.2. The van der Waals surface area contributed by atoms with Crippen molar-refractivity contribution in [1.82, 2.24) is 30.1 Å². The Hall–Kier alpha value is -3.32. The van der Waals surface area contributed by atoms with Gasteiger partial charge in [-0.25, -0.2) is 4.68 Å². The molecule has 0 unspecified atom stereocenters. The van der Waals surface area contributed by atoms with Crippen molar-refractivity contribution in [2.45, 2.75) is 77.9 Å². The topological polar surface area (TPSA) is 79.7 Å². The van der Waals surface area contributed by atoms with E-state index in [1.807, 2.05) is 13.0 Å². The number of H-pyrrole nitrogens is 1. The molecule has 0 amide bonds. The fourth-order valence-corrected chi connectivity index (χ4v) is 5.76. The molecule has 36 heavy (non-hydrogen) atoms. The second-order valence-electron chi connectivity index (χ2n) is 10.2. The molecule has 0 aliphatic heterocycles. The first kappa shape index (κ1) is 24.4. The molecule has 7 nitrogen and oxygen atoms in total. The van der Waals surface area contributed by atoms with Crippen LogP contribution in [0.1, 0.15) is 79.2 Å². The number of tetrazole rings is 1. The highest BCUT2D eigenvalue weighted by molar-refractivity contribution is 5.82. The number of benzene rings is 2. The first-order valence-corrected chi connectivity index (χ1v) is 13.2. The predicted octanol–water partition coefficient (Wildman–Crippen LogP) is 5.44. The summed E-state index contributed by atoms with van der Waals surface area (Å²) in [5.74, 6) is 0.918. The van der Waals surface area contributed by atoms with Crippen molar-refractivity contribution in [2.24, 2.45) is 0 Å². The van der Waals surface area contributed by atoms with Gasteiger partial charge in [0.15, 0.2) is 5.82 Å². The van der Waals surface area contributed by atoms with Crippen molar-refractivity contribution in [3.05, 3.63) is 87.0 Å². The first-order chi connectivity index (χ1) is 17.5. The van der Waals surface area contributed by atoms with Crippen molar-refractivity contribution in [1.29, 1.82) is 0 Å². The van der Waals surface area contributed by atoms with Crippen molar-refractivity contribution < 1.29 is 0 Å². The molecule has 7 heteroatoms. The third kappa shape index (κ3) is 5.12. The Kier molecular flexibility index (Phi) is 7.28. The molecule has 1 aliphatic rings. The number of rotatable bonds is 9. The van der Waals surface area contributed by atoms with Crippen LogP contribution in [-0.2, 0) is 13.0 Å². The number of nitrogens with one attached hydrogen (secondary N) is 1. The van der Waals surface area contributed by atoms with E-state index in [9.17, 15) is 4.79 Å². The predicted molar refractivity (Wildman–Crippen MR) is 143 cm³/mol. The second kappa shape index (κ2) is 10.7. The Balaban J connectivity index is 1.50. The molecule has 1 fully saturated rings. The summed E-state index contributed by atoms with van der Waals surface area (Å²) in [5.41, 5.74) is 5.25. The van der Waals surface area contributed by atoms with Crippen LogP contribution in [0.2, 0.25) is 0 Å². The van der Waals surface area contributed by atoms with Crippen molar-refractivity contribution >= 4 is 10.9 Å². The lowest BCUT2D eigenvalue weighted by Gasteiger charge is -2.31. The number of aryl methyl sites for hydroxylation is 2. The number of nitrogens with zero attached hydrogens (tertiary/aromatic N) is 5. The molecule has 188 valence electrons. The van der Waals surface area contributed by atoms with Gasteiger partial charge in [0.2, 0.25) is 0 Å². The van der Waals surface area contributed by atoms with E-state index >= 15 is 0 Å². The molecule has 2 heterocycles. The summed E-state index contributed by atoms with van der Waals surface area (Å²) in [6, 6.07) is 17.3. The Labute approximate surface area is 212 Å². The number of hydrogen-bond acceptors (Lipinski definition) is 5. The fourth-order valence-electron chi connectivity index (χ4n) is 5.76. The summed E-state index contributed by atoms with van der Waals surface area (Å²) in [6.45, 7) is 7.68. The Morgan fingerprint density at radius 3 is 2.64 bits per heavy atom. The van der Waals surface area contributed by atoms with Crippen LogP contribution >= 0.6 is 0 Å². The molecule has 0 bridgehead atoms. The third-order valence-corrected chi connectivity index (χ3v) is 7.59. The van der Waals surface area contributed by atoms with Crippen LogP contribution in [0.3, 0.4) is 0 Å². The van der Waals surface area contributed by atoms with E-state index in [-0.39, 0.29) is 11.6 Å². The third-order valence-electron chi connectivity index (χ3n) is 7.59. The van der Waals surface area contributed by atoms with Gasteiger partial charge in [-0.3, -0.25) is 9.69 Å². The molecule has 2 aromatic carbocycles. The van der Waals surface area contributed by atoms with Crippen LogP contribution in [0.4, 0.5) is 0 Å². The maximum absolute atomic E-state index is 13.2. The molecule has 0 saturated heterocycles. The maximum atomic E-state index is 13.2. The number of pyridine rings is 1. The monoisotopic (exact) mass is 484 g/mol. The van der Waals surface area contributed by atoms with Gasteiger partial charge in [-0.1, -0.05) is 61.7 Å². The number of aromatic nitrogens is 5.